The minimum absolute atomic E-state index is 0.337. The van der Waals surface area contributed by atoms with Gasteiger partial charge in [0.1, 0.15) is 0 Å². The van der Waals surface area contributed by atoms with Gasteiger partial charge in [-0.15, -0.1) is 6.58 Å². The first kappa shape index (κ1) is 16.4. The van der Waals surface area contributed by atoms with E-state index in [4.69, 9.17) is 14.2 Å². The predicted molar refractivity (Wildman–Crippen MR) is 83.2 cm³/mol. The fourth-order valence-corrected chi connectivity index (χ4v) is 2.17. The molecule has 0 spiro atoms. The van der Waals surface area contributed by atoms with Crippen molar-refractivity contribution in [2.24, 2.45) is 0 Å². The molecule has 1 aromatic rings. The van der Waals surface area contributed by atoms with E-state index < -0.39 is 0 Å². The molecule has 1 rings (SSSR count). The SMILES string of the molecule is C=CCC(C)c1ccc(OCC)c(OCC)c1OCC. The summed E-state index contributed by atoms with van der Waals surface area (Å²) < 4.78 is 17.2. The summed E-state index contributed by atoms with van der Waals surface area (Å²) in [6.45, 7) is 13.7. The Morgan fingerprint density at radius 2 is 1.60 bits per heavy atom. The van der Waals surface area contributed by atoms with Gasteiger partial charge in [0, 0.05) is 5.56 Å². The Morgan fingerprint density at radius 3 is 2.15 bits per heavy atom. The fourth-order valence-electron chi connectivity index (χ4n) is 2.17. The highest BCUT2D eigenvalue weighted by molar-refractivity contribution is 5.57. The van der Waals surface area contributed by atoms with Crippen LogP contribution in [0.5, 0.6) is 17.2 Å². The van der Waals surface area contributed by atoms with Crippen LogP contribution >= 0.6 is 0 Å². The van der Waals surface area contributed by atoms with E-state index in [2.05, 4.69) is 19.6 Å². The summed E-state index contributed by atoms with van der Waals surface area (Å²) in [5.41, 5.74) is 1.14. The molecule has 20 heavy (non-hydrogen) atoms. The molecule has 0 aliphatic rings. The van der Waals surface area contributed by atoms with Crippen molar-refractivity contribution < 1.29 is 14.2 Å². The number of rotatable bonds is 9. The van der Waals surface area contributed by atoms with Crippen LogP contribution in [-0.4, -0.2) is 19.8 Å². The highest BCUT2D eigenvalue weighted by atomic mass is 16.5. The third kappa shape index (κ3) is 3.92. The standard InChI is InChI=1S/C17H26O3/c1-6-10-13(5)14-11-12-15(18-7-2)17(20-9-4)16(14)19-8-3/h6,11-13H,1,7-10H2,2-5H3. The maximum Gasteiger partial charge on any atom is 0.203 e. The van der Waals surface area contributed by atoms with Crippen molar-refractivity contribution in [3.05, 3.63) is 30.4 Å². The molecule has 1 atom stereocenters. The molecule has 0 bridgehead atoms. The summed E-state index contributed by atoms with van der Waals surface area (Å²) in [6.07, 6.45) is 2.83. The molecule has 0 aliphatic carbocycles. The first-order chi connectivity index (χ1) is 9.69. The van der Waals surface area contributed by atoms with E-state index in [1.807, 2.05) is 32.9 Å². The topological polar surface area (TPSA) is 27.7 Å². The summed E-state index contributed by atoms with van der Waals surface area (Å²) in [5, 5.41) is 0. The predicted octanol–water partition coefficient (Wildman–Crippen LogP) is 4.56. The Kier molecular flexibility index (Phi) is 6.99. The maximum absolute atomic E-state index is 5.84. The Morgan fingerprint density at radius 1 is 1.00 bits per heavy atom. The molecule has 0 saturated heterocycles. The van der Waals surface area contributed by atoms with Gasteiger partial charge in [0.2, 0.25) is 5.75 Å². The second-order valence-corrected chi connectivity index (χ2v) is 4.54. The van der Waals surface area contributed by atoms with Gasteiger partial charge in [-0.3, -0.25) is 0 Å². The van der Waals surface area contributed by atoms with E-state index in [0.29, 0.717) is 31.5 Å². The van der Waals surface area contributed by atoms with Crippen LogP contribution in [0.2, 0.25) is 0 Å². The van der Waals surface area contributed by atoms with Gasteiger partial charge >= 0.3 is 0 Å². The van der Waals surface area contributed by atoms with Crippen LogP contribution in [0.1, 0.15) is 45.6 Å². The van der Waals surface area contributed by atoms with Gasteiger partial charge in [-0.2, -0.15) is 0 Å². The quantitative estimate of drug-likeness (QED) is 0.620. The number of ether oxygens (including phenoxy) is 3. The Balaban J connectivity index is 3.29. The summed E-state index contributed by atoms with van der Waals surface area (Å²) >= 11 is 0. The number of hydrogen-bond donors (Lipinski definition) is 0. The van der Waals surface area contributed by atoms with Gasteiger partial charge in [-0.05, 0) is 39.2 Å². The molecule has 0 heterocycles. The lowest BCUT2D eigenvalue weighted by Gasteiger charge is -2.21. The fraction of sp³-hybridized carbons (Fsp3) is 0.529. The van der Waals surface area contributed by atoms with Crippen LogP contribution in [0, 0.1) is 0 Å². The van der Waals surface area contributed by atoms with E-state index in [1.165, 1.54) is 0 Å². The average Bonchev–Trinajstić information content (AvgIpc) is 2.43. The second-order valence-electron chi connectivity index (χ2n) is 4.54. The van der Waals surface area contributed by atoms with Crippen LogP contribution in [0.15, 0.2) is 24.8 Å². The maximum atomic E-state index is 5.84. The lowest BCUT2D eigenvalue weighted by atomic mass is 9.96. The summed E-state index contributed by atoms with van der Waals surface area (Å²) in [6, 6.07) is 4.03. The second kappa shape index (κ2) is 8.51. The molecule has 0 amide bonds. The average molecular weight is 278 g/mol. The summed E-state index contributed by atoms with van der Waals surface area (Å²) in [7, 11) is 0. The van der Waals surface area contributed by atoms with Crippen molar-refractivity contribution in [2.75, 3.05) is 19.8 Å². The van der Waals surface area contributed by atoms with Crippen LogP contribution < -0.4 is 14.2 Å². The Labute approximate surface area is 122 Å². The molecule has 0 fully saturated rings. The molecule has 0 saturated carbocycles. The van der Waals surface area contributed by atoms with Crippen LogP contribution in [-0.2, 0) is 0 Å². The zero-order chi connectivity index (χ0) is 15.0. The lowest BCUT2D eigenvalue weighted by molar-refractivity contribution is 0.258. The van der Waals surface area contributed by atoms with Crippen molar-refractivity contribution in [1.82, 2.24) is 0 Å². The van der Waals surface area contributed by atoms with Gasteiger partial charge < -0.3 is 14.2 Å². The van der Waals surface area contributed by atoms with Gasteiger partial charge in [0.25, 0.3) is 0 Å². The molecule has 3 nitrogen and oxygen atoms in total. The van der Waals surface area contributed by atoms with Crippen LogP contribution in [0.4, 0.5) is 0 Å². The van der Waals surface area contributed by atoms with E-state index in [9.17, 15) is 0 Å². The van der Waals surface area contributed by atoms with E-state index >= 15 is 0 Å². The van der Waals surface area contributed by atoms with E-state index in [0.717, 1.165) is 23.5 Å². The molecular formula is C17H26O3. The molecule has 3 heteroatoms. The minimum Gasteiger partial charge on any atom is -0.490 e. The monoisotopic (exact) mass is 278 g/mol. The Hall–Kier alpha value is -1.64. The zero-order valence-corrected chi connectivity index (χ0v) is 13.1. The van der Waals surface area contributed by atoms with Crippen molar-refractivity contribution in [3.63, 3.8) is 0 Å². The molecule has 0 aliphatic heterocycles. The first-order valence-electron chi connectivity index (χ1n) is 7.35. The first-order valence-corrected chi connectivity index (χ1v) is 7.35. The largest absolute Gasteiger partial charge is 0.490 e. The normalized spacial score (nSPS) is 11.8. The molecule has 112 valence electrons. The van der Waals surface area contributed by atoms with Crippen molar-refractivity contribution in [3.8, 4) is 17.2 Å². The van der Waals surface area contributed by atoms with Gasteiger partial charge in [0.05, 0.1) is 19.8 Å². The third-order valence-electron chi connectivity index (χ3n) is 3.03. The van der Waals surface area contributed by atoms with Crippen molar-refractivity contribution in [1.29, 1.82) is 0 Å². The minimum atomic E-state index is 0.337. The highest BCUT2D eigenvalue weighted by Gasteiger charge is 2.20. The van der Waals surface area contributed by atoms with Gasteiger partial charge in [-0.25, -0.2) is 0 Å². The lowest BCUT2D eigenvalue weighted by Crippen LogP contribution is -2.06. The molecule has 0 aromatic heterocycles. The van der Waals surface area contributed by atoms with Gasteiger partial charge in [0.15, 0.2) is 11.5 Å². The summed E-state index contributed by atoms with van der Waals surface area (Å²) in [4.78, 5) is 0. The van der Waals surface area contributed by atoms with Crippen LogP contribution in [0.25, 0.3) is 0 Å². The zero-order valence-electron chi connectivity index (χ0n) is 13.1. The third-order valence-corrected chi connectivity index (χ3v) is 3.03. The van der Waals surface area contributed by atoms with Crippen molar-refractivity contribution >= 4 is 0 Å². The molecule has 0 N–H and O–H groups in total. The van der Waals surface area contributed by atoms with Crippen LogP contribution in [0.3, 0.4) is 0 Å². The number of allylic oxidation sites excluding steroid dienone is 1. The van der Waals surface area contributed by atoms with Crippen molar-refractivity contribution in [2.45, 2.75) is 40.0 Å². The summed E-state index contributed by atoms with van der Waals surface area (Å²) in [5.74, 6) is 2.59. The number of benzene rings is 1. The molecule has 0 radical (unpaired) electrons. The Bertz CT molecular complexity index is 426. The number of hydrogen-bond acceptors (Lipinski definition) is 3. The molecule has 1 unspecified atom stereocenters. The van der Waals surface area contributed by atoms with E-state index in [1.54, 1.807) is 0 Å². The van der Waals surface area contributed by atoms with E-state index in [-0.39, 0.29) is 0 Å². The van der Waals surface area contributed by atoms with Gasteiger partial charge in [-0.1, -0.05) is 19.1 Å². The molecular weight excluding hydrogens is 252 g/mol. The smallest absolute Gasteiger partial charge is 0.203 e. The highest BCUT2D eigenvalue weighted by Crippen LogP contribution is 2.43. The molecule has 1 aromatic carbocycles.